The van der Waals surface area contributed by atoms with E-state index in [-0.39, 0.29) is 22.0 Å². The molecule has 4 aromatic carbocycles. The summed E-state index contributed by atoms with van der Waals surface area (Å²) < 4.78 is 39.2. The number of fused-ring (bicyclic) bond motifs is 1. The number of phenolic OH excluding ortho intramolecular Hbond substituents is 1. The first-order valence-corrected chi connectivity index (χ1v) is 13.4. The van der Waals surface area contributed by atoms with Gasteiger partial charge in [-0.25, -0.2) is 0 Å². The van der Waals surface area contributed by atoms with Crippen LogP contribution in [-0.4, -0.2) is 30.6 Å². The van der Waals surface area contributed by atoms with Gasteiger partial charge in [0.25, 0.3) is 16.0 Å². The smallest absolute Gasteiger partial charge is 0.298 e. The zero-order valence-electron chi connectivity index (χ0n) is 20.1. The number of hydrogen-bond donors (Lipinski definition) is 3. The van der Waals surface area contributed by atoms with Crippen molar-refractivity contribution >= 4 is 67.1 Å². The maximum Gasteiger partial charge on any atom is 0.298 e. The fourth-order valence-electron chi connectivity index (χ4n) is 3.77. The van der Waals surface area contributed by atoms with Gasteiger partial charge >= 0.3 is 0 Å². The molecule has 4 aromatic rings. The van der Waals surface area contributed by atoms with Gasteiger partial charge in [-0.05, 0) is 49.1 Å². The largest absolute Gasteiger partial charge is 0.505 e. The second-order valence-corrected chi connectivity index (χ2v) is 10.3. The molecule has 0 aromatic heterocycles. The van der Waals surface area contributed by atoms with Gasteiger partial charge in [-0.1, -0.05) is 53.5 Å². The van der Waals surface area contributed by atoms with E-state index in [0.717, 1.165) is 0 Å². The lowest BCUT2D eigenvalue weighted by Crippen LogP contribution is -2.13. The molecule has 0 atom stereocenters. The van der Waals surface area contributed by atoms with Crippen LogP contribution in [0.15, 0.2) is 75.8 Å². The van der Waals surface area contributed by atoms with Crippen LogP contribution in [0.3, 0.4) is 0 Å². The van der Waals surface area contributed by atoms with Crippen molar-refractivity contribution in [3.05, 3.63) is 81.8 Å². The number of nitrogens with zero attached hydrogens (tertiary/aromatic N) is 2. The first-order valence-electron chi connectivity index (χ1n) is 11.2. The molecule has 9 nitrogen and oxygen atoms in total. The molecule has 0 bridgehead atoms. The molecule has 0 radical (unpaired) electrons. The highest BCUT2D eigenvalue weighted by Crippen LogP contribution is 2.42. The fraction of sp³-hybridized carbons (Fsp3) is 0.115. The van der Waals surface area contributed by atoms with E-state index in [2.05, 4.69) is 15.5 Å². The average Bonchev–Trinajstić information content (AvgIpc) is 2.86. The van der Waals surface area contributed by atoms with E-state index in [1.807, 2.05) is 0 Å². The van der Waals surface area contributed by atoms with Gasteiger partial charge in [-0.2, -0.15) is 8.42 Å². The number of nitrogens with one attached hydrogen (secondary N) is 1. The van der Waals surface area contributed by atoms with E-state index in [4.69, 9.17) is 27.9 Å². The van der Waals surface area contributed by atoms with Crippen LogP contribution in [0, 0.1) is 6.92 Å². The van der Waals surface area contributed by atoms with Gasteiger partial charge in [0.2, 0.25) is 0 Å². The Balaban J connectivity index is 1.84. The summed E-state index contributed by atoms with van der Waals surface area (Å²) in [7, 11) is -4.75. The first kappa shape index (κ1) is 27.3. The molecule has 4 rings (SSSR count). The molecule has 0 unspecified atom stereocenters. The summed E-state index contributed by atoms with van der Waals surface area (Å²) in [4.78, 5) is 12.7. The van der Waals surface area contributed by atoms with E-state index in [1.165, 1.54) is 18.2 Å². The van der Waals surface area contributed by atoms with Crippen LogP contribution in [0.5, 0.6) is 11.5 Å². The molecule has 0 spiro atoms. The summed E-state index contributed by atoms with van der Waals surface area (Å²) in [6.45, 7) is 3.68. The third-order valence-electron chi connectivity index (χ3n) is 5.52. The topological polar surface area (TPSA) is 138 Å². The van der Waals surface area contributed by atoms with Crippen LogP contribution >= 0.6 is 23.2 Å². The number of azo groups is 1. The monoisotopic (exact) mass is 573 g/mol. The minimum atomic E-state index is -4.75. The molecule has 0 fully saturated rings. The van der Waals surface area contributed by atoms with Gasteiger partial charge in [0.15, 0.2) is 5.75 Å². The van der Waals surface area contributed by atoms with E-state index >= 15 is 0 Å². The van der Waals surface area contributed by atoms with E-state index < -0.39 is 26.7 Å². The SMILES string of the molecule is CCOc1cc(Cl)ccc1NC(=O)c1cc2ccccc2c(N=Nc2c(C)ccc(Cl)c2S(=O)(=O)O)c1O. The predicted molar refractivity (Wildman–Crippen MR) is 146 cm³/mol. The zero-order valence-corrected chi connectivity index (χ0v) is 22.4. The summed E-state index contributed by atoms with van der Waals surface area (Å²) in [5.41, 5.74) is 0.280. The third kappa shape index (κ3) is 5.58. The molecule has 0 aliphatic rings. The van der Waals surface area contributed by atoms with Gasteiger partial charge in [0.05, 0.1) is 22.9 Å². The number of benzene rings is 4. The van der Waals surface area contributed by atoms with E-state index in [0.29, 0.717) is 39.4 Å². The molecule has 38 heavy (non-hydrogen) atoms. The van der Waals surface area contributed by atoms with Crippen molar-refractivity contribution in [3.63, 3.8) is 0 Å². The normalized spacial score (nSPS) is 11.7. The van der Waals surface area contributed by atoms with Crippen molar-refractivity contribution in [2.24, 2.45) is 10.2 Å². The van der Waals surface area contributed by atoms with Crippen molar-refractivity contribution in [1.29, 1.82) is 0 Å². The second-order valence-electron chi connectivity index (χ2n) is 8.09. The number of carbonyl (C=O) groups is 1. The van der Waals surface area contributed by atoms with Crippen LogP contribution in [0.25, 0.3) is 10.8 Å². The van der Waals surface area contributed by atoms with Crippen LogP contribution in [0.4, 0.5) is 17.1 Å². The summed E-state index contributed by atoms with van der Waals surface area (Å²) in [5, 5.41) is 23.1. The Morgan fingerprint density at radius 1 is 1.03 bits per heavy atom. The number of anilines is 1. The third-order valence-corrected chi connectivity index (χ3v) is 7.12. The Labute approximate surface area is 228 Å². The molecule has 0 aliphatic carbocycles. The molecule has 3 N–H and O–H groups in total. The average molecular weight is 574 g/mol. The number of phenols is 1. The van der Waals surface area contributed by atoms with Crippen LogP contribution < -0.4 is 10.1 Å². The summed E-state index contributed by atoms with van der Waals surface area (Å²) in [6.07, 6.45) is 0. The van der Waals surface area contributed by atoms with Crippen LogP contribution in [0.2, 0.25) is 10.0 Å². The quantitative estimate of drug-likeness (QED) is 0.155. The lowest BCUT2D eigenvalue weighted by Gasteiger charge is -2.14. The van der Waals surface area contributed by atoms with Gasteiger partial charge in [-0.3, -0.25) is 9.35 Å². The highest BCUT2D eigenvalue weighted by atomic mass is 35.5. The maximum absolute atomic E-state index is 13.3. The number of amides is 1. The maximum atomic E-state index is 13.3. The Morgan fingerprint density at radius 3 is 2.45 bits per heavy atom. The molecule has 12 heteroatoms. The van der Waals surface area contributed by atoms with Gasteiger partial charge in [0.1, 0.15) is 22.0 Å². The number of carbonyl (C=O) groups excluding carboxylic acids is 1. The number of aromatic hydroxyl groups is 1. The van der Waals surface area contributed by atoms with Gasteiger partial charge in [-0.15, -0.1) is 10.2 Å². The number of hydrogen-bond acceptors (Lipinski definition) is 7. The molecule has 0 aliphatic heterocycles. The highest BCUT2D eigenvalue weighted by Gasteiger charge is 2.23. The van der Waals surface area contributed by atoms with Crippen molar-refractivity contribution < 1.29 is 27.6 Å². The lowest BCUT2D eigenvalue weighted by atomic mass is 10.0. The van der Waals surface area contributed by atoms with Crippen molar-refractivity contribution in [3.8, 4) is 11.5 Å². The Bertz CT molecular complexity index is 1710. The van der Waals surface area contributed by atoms with Gasteiger partial charge < -0.3 is 15.2 Å². The lowest BCUT2D eigenvalue weighted by molar-refractivity contribution is 0.102. The number of halogens is 2. The minimum Gasteiger partial charge on any atom is -0.505 e. The van der Waals surface area contributed by atoms with Crippen molar-refractivity contribution in [2.45, 2.75) is 18.7 Å². The van der Waals surface area contributed by atoms with Crippen LogP contribution in [-0.2, 0) is 10.1 Å². The number of ether oxygens (including phenoxy) is 1. The Hall–Kier alpha value is -3.70. The number of rotatable bonds is 7. The molecule has 0 heterocycles. The Kier molecular flexibility index (Phi) is 7.89. The summed E-state index contributed by atoms with van der Waals surface area (Å²) in [6, 6.07) is 15.8. The van der Waals surface area contributed by atoms with Crippen molar-refractivity contribution in [2.75, 3.05) is 11.9 Å². The minimum absolute atomic E-state index is 0.0879. The standard InChI is InChI=1S/C26H21Cl2N3O6S/c1-3-37-21-13-16(27)9-11-20(21)29-26(33)18-12-15-6-4-5-7-17(15)23(24(18)32)31-30-22-14(2)8-10-19(28)25(22)38(34,35)36/h4-13,32H,3H2,1-2H3,(H,29,33)(H,34,35,36). The zero-order chi connectivity index (χ0) is 27.6. The summed E-state index contributed by atoms with van der Waals surface area (Å²) >= 11 is 12.1. The van der Waals surface area contributed by atoms with Crippen LogP contribution in [0.1, 0.15) is 22.8 Å². The predicted octanol–water partition coefficient (Wildman–Crippen LogP) is 7.47. The summed E-state index contributed by atoms with van der Waals surface area (Å²) in [5.74, 6) is -0.807. The Morgan fingerprint density at radius 2 is 1.74 bits per heavy atom. The second kappa shape index (κ2) is 11.0. The molecular weight excluding hydrogens is 553 g/mol. The molecule has 0 saturated heterocycles. The molecule has 1 amide bonds. The molecule has 0 saturated carbocycles. The van der Waals surface area contributed by atoms with E-state index in [1.54, 1.807) is 56.3 Å². The molecular formula is C26H21Cl2N3O6S. The van der Waals surface area contributed by atoms with Crippen molar-refractivity contribution in [1.82, 2.24) is 0 Å². The van der Waals surface area contributed by atoms with E-state index in [9.17, 15) is 22.9 Å². The first-order chi connectivity index (χ1) is 18.0. The number of aryl methyl sites for hydroxylation is 1. The molecule has 196 valence electrons. The highest BCUT2D eigenvalue weighted by molar-refractivity contribution is 7.86. The fourth-order valence-corrected chi connectivity index (χ4v) is 5.14. The van der Waals surface area contributed by atoms with Gasteiger partial charge in [0, 0.05) is 16.5 Å².